The predicted molar refractivity (Wildman–Crippen MR) is 129 cm³/mol. The molecule has 0 spiro atoms. The molecule has 0 radical (unpaired) electrons. The summed E-state index contributed by atoms with van der Waals surface area (Å²) >= 11 is 1.03. The SMILES string of the molecule is Cc1ccc(CN2C(=O)S/C(=C\c3cc4c(cc3C)N(C)C(C)(C)CC4C)C2=O)cc1. The van der Waals surface area contributed by atoms with Gasteiger partial charge in [-0.05, 0) is 92.3 Å². The summed E-state index contributed by atoms with van der Waals surface area (Å²) in [7, 11) is 2.15. The van der Waals surface area contributed by atoms with Crippen LogP contribution in [0.3, 0.4) is 0 Å². The van der Waals surface area contributed by atoms with Gasteiger partial charge in [0, 0.05) is 18.3 Å². The van der Waals surface area contributed by atoms with E-state index in [9.17, 15) is 9.59 Å². The molecule has 2 aliphatic heterocycles. The molecule has 0 aromatic heterocycles. The van der Waals surface area contributed by atoms with Crippen LogP contribution in [-0.2, 0) is 11.3 Å². The number of hydrogen-bond acceptors (Lipinski definition) is 4. The number of amides is 2. The van der Waals surface area contributed by atoms with Crippen LogP contribution in [-0.4, -0.2) is 28.6 Å². The molecule has 2 aromatic carbocycles. The summed E-state index contributed by atoms with van der Waals surface area (Å²) in [6, 6.07) is 12.4. The van der Waals surface area contributed by atoms with Gasteiger partial charge in [0.2, 0.25) is 0 Å². The molecule has 0 N–H and O–H groups in total. The molecule has 31 heavy (non-hydrogen) atoms. The van der Waals surface area contributed by atoms with Crippen LogP contribution in [0.4, 0.5) is 10.5 Å². The van der Waals surface area contributed by atoms with Crippen LogP contribution in [0.5, 0.6) is 0 Å². The lowest BCUT2D eigenvalue weighted by atomic mass is 9.79. The van der Waals surface area contributed by atoms with Crippen LogP contribution in [0, 0.1) is 13.8 Å². The average Bonchev–Trinajstić information content (AvgIpc) is 2.96. The lowest BCUT2D eigenvalue weighted by molar-refractivity contribution is -0.123. The number of aryl methyl sites for hydroxylation is 2. The van der Waals surface area contributed by atoms with E-state index < -0.39 is 0 Å². The minimum atomic E-state index is -0.209. The summed E-state index contributed by atoms with van der Waals surface area (Å²) in [4.78, 5) is 29.8. The summed E-state index contributed by atoms with van der Waals surface area (Å²) < 4.78 is 0. The van der Waals surface area contributed by atoms with Gasteiger partial charge in [-0.2, -0.15) is 0 Å². The molecule has 1 unspecified atom stereocenters. The minimum absolute atomic E-state index is 0.110. The van der Waals surface area contributed by atoms with Crippen molar-refractivity contribution in [2.75, 3.05) is 11.9 Å². The van der Waals surface area contributed by atoms with Crippen LogP contribution >= 0.6 is 11.8 Å². The van der Waals surface area contributed by atoms with E-state index in [0.717, 1.165) is 40.4 Å². The van der Waals surface area contributed by atoms with Gasteiger partial charge in [-0.3, -0.25) is 14.5 Å². The van der Waals surface area contributed by atoms with Crippen molar-refractivity contribution in [1.82, 2.24) is 4.90 Å². The fourth-order valence-corrected chi connectivity index (χ4v) is 5.37. The van der Waals surface area contributed by atoms with Crippen molar-refractivity contribution >= 4 is 34.7 Å². The van der Waals surface area contributed by atoms with Crippen LogP contribution < -0.4 is 4.90 Å². The highest BCUT2D eigenvalue weighted by molar-refractivity contribution is 8.18. The van der Waals surface area contributed by atoms with Gasteiger partial charge < -0.3 is 4.90 Å². The summed E-state index contributed by atoms with van der Waals surface area (Å²) in [6.07, 6.45) is 2.97. The second-order valence-electron chi connectivity index (χ2n) is 9.50. The lowest BCUT2D eigenvalue weighted by Crippen LogP contribution is -2.45. The van der Waals surface area contributed by atoms with E-state index in [-0.39, 0.29) is 16.7 Å². The number of carbonyl (C=O) groups excluding carboxylic acids is 2. The lowest BCUT2D eigenvalue weighted by Gasteiger charge is -2.45. The van der Waals surface area contributed by atoms with Gasteiger partial charge in [0.1, 0.15) is 0 Å². The van der Waals surface area contributed by atoms with Crippen LogP contribution in [0.2, 0.25) is 0 Å². The van der Waals surface area contributed by atoms with E-state index in [4.69, 9.17) is 0 Å². The number of carbonyl (C=O) groups is 2. The number of rotatable bonds is 3. The van der Waals surface area contributed by atoms with Crippen molar-refractivity contribution < 1.29 is 9.59 Å². The number of nitrogens with zero attached hydrogens (tertiary/aromatic N) is 2. The zero-order valence-corrected chi connectivity index (χ0v) is 20.0. The molecule has 0 saturated carbocycles. The Morgan fingerprint density at radius 1 is 1.13 bits per heavy atom. The van der Waals surface area contributed by atoms with Gasteiger partial charge in [0.05, 0.1) is 11.4 Å². The number of hydrogen-bond donors (Lipinski definition) is 0. The predicted octanol–water partition coefficient (Wildman–Crippen LogP) is 6.26. The maximum absolute atomic E-state index is 13.0. The first-order chi connectivity index (χ1) is 14.6. The molecule has 4 nitrogen and oxygen atoms in total. The number of benzene rings is 2. The zero-order chi connectivity index (χ0) is 22.5. The Morgan fingerprint density at radius 2 is 1.81 bits per heavy atom. The first kappa shape index (κ1) is 21.7. The van der Waals surface area contributed by atoms with Crippen LogP contribution in [0.25, 0.3) is 6.08 Å². The Balaban J connectivity index is 1.63. The van der Waals surface area contributed by atoms with E-state index in [1.807, 2.05) is 37.3 Å². The topological polar surface area (TPSA) is 40.6 Å². The molecule has 0 bridgehead atoms. The number of imide groups is 1. The van der Waals surface area contributed by atoms with Crippen molar-refractivity contribution in [2.45, 2.75) is 59.0 Å². The summed E-state index contributed by atoms with van der Waals surface area (Å²) in [6.45, 7) is 11.2. The fraction of sp³-hybridized carbons (Fsp3) is 0.385. The van der Waals surface area contributed by atoms with Crippen molar-refractivity contribution in [3.63, 3.8) is 0 Å². The molecular formula is C26H30N2O2S. The van der Waals surface area contributed by atoms with Gasteiger partial charge in [0.15, 0.2) is 0 Å². The third-order valence-corrected chi connectivity index (χ3v) is 7.55. The maximum Gasteiger partial charge on any atom is 0.293 e. The Bertz CT molecular complexity index is 1090. The van der Waals surface area contributed by atoms with Gasteiger partial charge in [0.25, 0.3) is 11.1 Å². The molecule has 5 heteroatoms. The highest BCUT2D eigenvalue weighted by Gasteiger charge is 2.36. The molecule has 2 aliphatic rings. The molecule has 2 amide bonds. The van der Waals surface area contributed by atoms with E-state index in [0.29, 0.717) is 17.4 Å². The molecule has 1 saturated heterocycles. The summed E-state index contributed by atoms with van der Waals surface area (Å²) in [5.41, 5.74) is 6.91. The van der Waals surface area contributed by atoms with Gasteiger partial charge in [-0.25, -0.2) is 0 Å². The Hall–Kier alpha value is -2.53. The highest BCUT2D eigenvalue weighted by atomic mass is 32.2. The van der Waals surface area contributed by atoms with Crippen LogP contribution in [0.15, 0.2) is 41.3 Å². The van der Waals surface area contributed by atoms with Gasteiger partial charge >= 0.3 is 0 Å². The minimum Gasteiger partial charge on any atom is -0.369 e. The van der Waals surface area contributed by atoms with Crippen molar-refractivity contribution in [3.8, 4) is 0 Å². The Kier molecular flexibility index (Phi) is 5.50. The second-order valence-corrected chi connectivity index (χ2v) is 10.5. The normalized spacial score (nSPS) is 21.7. The van der Waals surface area contributed by atoms with E-state index in [1.54, 1.807) is 0 Å². The Morgan fingerprint density at radius 3 is 2.48 bits per heavy atom. The van der Waals surface area contributed by atoms with Gasteiger partial charge in [-0.1, -0.05) is 36.8 Å². The molecular weight excluding hydrogens is 404 g/mol. The quantitative estimate of drug-likeness (QED) is 0.535. The fourth-order valence-electron chi connectivity index (χ4n) is 4.54. The van der Waals surface area contributed by atoms with E-state index in [2.05, 4.69) is 51.8 Å². The monoisotopic (exact) mass is 434 g/mol. The van der Waals surface area contributed by atoms with Gasteiger partial charge in [-0.15, -0.1) is 0 Å². The highest BCUT2D eigenvalue weighted by Crippen LogP contribution is 2.44. The molecule has 162 valence electrons. The standard InChI is InChI=1S/C26H30N2O2S/c1-16-7-9-19(10-8-16)15-28-24(29)23(31-25(28)30)13-20-12-21-18(3)14-26(4,5)27(6)22(21)11-17(20)2/h7-13,18H,14-15H2,1-6H3/b23-13-. The smallest absolute Gasteiger partial charge is 0.293 e. The third kappa shape index (κ3) is 4.03. The first-order valence-electron chi connectivity index (χ1n) is 10.8. The first-order valence-corrected chi connectivity index (χ1v) is 11.6. The largest absolute Gasteiger partial charge is 0.369 e. The molecule has 1 atom stereocenters. The van der Waals surface area contributed by atoms with E-state index >= 15 is 0 Å². The van der Waals surface area contributed by atoms with Crippen molar-refractivity contribution in [3.05, 3.63) is 69.1 Å². The molecule has 1 fully saturated rings. The van der Waals surface area contributed by atoms with Crippen molar-refractivity contribution in [2.24, 2.45) is 0 Å². The zero-order valence-electron chi connectivity index (χ0n) is 19.2. The van der Waals surface area contributed by atoms with Crippen LogP contribution in [0.1, 0.15) is 60.9 Å². The Labute approximate surface area is 189 Å². The number of anilines is 1. The molecule has 0 aliphatic carbocycles. The third-order valence-electron chi connectivity index (χ3n) is 6.64. The van der Waals surface area contributed by atoms with E-state index in [1.165, 1.54) is 16.2 Å². The number of thioether (sulfide) groups is 1. The molecule has 2 heterocycles. The molecule has 2 aromatic rings. The van der Waals surface area contributed by atoms with Crippen molar-refractivity contribution in [1.29, 1.82) is 0 Å². The molecule has 4 rings (SSSR count). The summed E-state index contributed by atoms with van der Waals surface area (Å²) in [5.74, 6) is 0.226. The number of fused-ring (bicyclic) bond motifs is 1. The second kappa shape index (κ2) is 7.86. The summed E-state index contributed by atoms with van der Waals surface area (Å²) in [5, 5.41) is -0.206. The maximum atomic E-state index is 13.0. The average molecular weight is 435 g/mol.